The molecule has 2 aromatic rings. The first kappa shape index (κ1) is 17.8. The van der Waals surface area contributed by atoms with Gasteiger partial charge in [0, 0.05) is 44.8 Å². The average Bonchev–Trinajstić information content (AvgIpc) is 2.68. The molecule has 0 spiro atoms. The summed E-state index contributed by atoms with van der Waals surface area (Å²) in [6, 6.07) is 9.18. The SMILES string of the molecule is CNC(=O)C1CN(c2ccc(F)cc2)CCN1C(=O)Cc1cccnc1. The molecule has 2 heterocycles. The third kappa shape index (κ3) is 3.99. The van der Waals surface area contributed by atoms with Crippen molar-refractivity contribution in [1.82, 2.24) is 15.2 Å². The summed E-state index contributed by atoms with van der Waals surface area (Å²) >= 11 is 0. The second-order valence-electron chi connectivity index (χ2n) is 6.18. The molecule has 26 heavy (non-hydrogen) atoms. The van der Waals surface area contributed by atoms with Gasteiger partial charge in [-0.3, -0.25) is 14.6 Å². The normalized spacial score (nSPS) is 17.1. The van der Waals surface area contributed by atoms with Gasteiger partial charge in [0.15, 0.2) is 0 Å². The minimum absolute atomic E-state index is 0.106. The lowest BCUT2D eigenvalue weighted by Crippen LogP contribution is -2.60. The minimum Gasteiger partial charge on any atom is -0.367 e. The van der Waals surface area contributed by atoms with Gasteiger partial charge in [-0.05, 0) is 35.9 Å². The molecular formula is C19H21FN4O2. The molecule has 1 aliphatic rings. The molecule has 1 atom stereocenters. The molecule has 1 N–H and O–H groups in total. The molecule has 0 bridgehead atoms. The fourth-order valence-corrected chi connectivity index (χ4v) is 3.14. The third-order valence-corrected chi connectivity index (χ3v) is 4.52. The summed E-state index contributed by atoms with van der Waals surface area (Å²) < 4.78 is 13.1. The van der Waals surface area contributed by atoms with Crippen LogP contribution in [-0.2, 0) is 16.0 Å². The molecule has 1 fully saturated rings. The van der Waals surface area contributed by atoms with Gasteiger partial charge in [0.05, 0.1) is 6.42 Å². The quantitative estimate of drug-likeness (QED) is 0.895. The fraction of sp³-hybridized carbons (Fsp3) is 0.316. The third-order valence-electron chi connectivity index (χ3n) is 4.52. The molecule has 0 radical (unpaired) electrons. The van der Waals surface area contributed by atoms with Crippen molar-refractivity contribution in [3.05, 3.63) is 60.2 Å². The van der Waals surface area contributed by atoms with Gasteiger partial charge in [-0.1, -0.05) is 6.07 Å². The number of likely N-dealkylation sites (N-methyl/N-ethyl adjacent to an activating group) is 1. The van der Waals surface area contributed by atoms with Crippen LogP contribution >= 0.6 is 0 Å². The van der Waals surface area contributed by atoms with Gasteiger partial charge in [0.1, 0.15) is 11.9 Å². The molecule has 3 rings (SSSR count). The highest BCUT2D eigenvalue weighted by Crippen LogP contribution is 2.20. The zero-order valence-electron chi connectivity index (χ0n) is 14.6. The van der Waals surface area contributed by atoms with Gasteiger partial charge in [-0.25, -0.2) is 4.39 Å². The Hall–Kier alpha value is -2.96. The first-order valence-corrected chi connectivity index (χ1v) is 8.49. The zero-order valence-corrected chi connectivity index (χ0v) is 14.6. The predicted octanol–water partition coefficient (Wildman–Crippen LogP) is 1.23. The van der Waals surface area contributed by atoms with Crippen molar-refractivity contribution < 1.29 is 14.0 Å². The van der Waals surface area contributed by atoms with E-state index < -0.39 is 6.04 Å². The molecule has 1 saturated heterocycles. The van der Waals surface area contributed by atoms with Crippen LogP contribution in [-0.4, -0.2) is 54.4 Å². The Morgan fingerprint density at radius 2 is 2.00 bits per heavy atom. The lowest BCUT2D eigenvalue weighted by Gasteiger charge is -2.41. The Balaban J connectivity index is 1.75. The molecule has 136 valence electrons. The highest BCUT2D eigenvalue weighted by atomic mass is 19.1. The van der Waals surface area contributed by atoms with Crippen LogP contribution in [0.4, 0.5) is 10.1 Å². The maximum Gasteiger partial charge on any atom is 0.244 e. The number of piperazine rings is 1. The highest BCUT2D eigenvalue weighted by molar-refractivity contribution is 5.89. The van der Waals surface area contributed by atoms with E-state index in [1.165, 1.54) is 12.1 Å². The lowest BCUT2D eigenvalue weighted by molar-refractivity contribution is -0.140. The summed E-state index contributed by atoms with van der Waals surface area (Å²) in [5, 5.41) is 2.63. The molecule has 6 nitrogen and oxygen atoms in total. The lowest BCUT2D eigenvalue weighted by atomic mass is 10.1. The van der Waals surface area contributed by atoms with Gasteiger partial charge < -0.3 is 15.1 Å². The maximum atomic E-state index is 13.1. The number of hydrogen-bond donors (Lipinski definition) is 1. The molecule has 1 aromatic heterocycles. The van der Waals surface area contributed by atoms with Crippen LogP contribution in [0.15, 0.2) is 48.8 Å². The predicted molar refractivity (Wildman–Crippen MR) is 96.1 cm³/mol. The van der Waals surface area contributed by atoms with Crippen LogP contribution in [0.1, 0.15) is 5.56 Å². The number of pyridine rings is 1. The Labute approximate surface area is 151 Å². The van der Waals surface area contributed by atoms with E-state index in [0.29, 0.717) is 19.6 Å². The van der Waals surface area contributed by atoms with Gasteiger partial charge in [-0.2, -0.15) is 0 Å². The molecule has 7 heteroatoms. The van der Waals surface area contributed by atoms with Gasteiger partial charge in [-0.15, -0.1) is 0 Å². The van der Waals surface area contributed by atoms with E-state index in [2.05, 4.69) is 10.3 Å². The molecule has 1 aliphatic heterocycles. The molecule has 0 saturated carbocycles. The Morgan fingerprint density at radius 3 is 2.65 bits per heavy atom. The van der Waals surface area contributed by atoms with Crippen LogP contribution < -0.4 is 10.2 Å². The van der Waals surface area contributed by atoms with Crippen molar-refractivity contribution in [2.24, 2.45) is 0 Å². The number of anilines is 1. The van der Waals surface area contributed by atoms with Crippen molar-refractivity contribution in [3.63, 3.8) is 0 Å². The Bertz CT molecular complexity index is 767. The smallest absolute Gasteiger partial charge is 0.244 e. The zero-order chi connectivity index (χ0) is 18.5. The molecule has 1 unspecified atom stereocenters. The summed E-state index contributed by atoms with van der Waals surface area (Å²) in [5.74, 6) is -0.622. The number of hydrogen-bond acceptors (Lipinski definition) is 4. The van der Waals surface area contributed by atoms with E-state index in [1.807, 2.05) is 11.0 Å². The average molecular weight is 356 g/mol. The van der Waals surface area contributed by atoms with E-state index in [9.17, 15) is 14.0 Å². The first-order valence-electron chi connectivity index (χ1n) is 8.49. The standard InChI is InChI=1S/C19H21FN4O2/c1-21-19(26)17-13-23(16-6-4-15(20)5-7-16)9-10-24(17)18(25)11-14-3-2-8-22-12-14/h2-8,12,17H,9-11,13H2,1H3,(H,21,26). The number of rotatable bonds is 4. The summed E-state index contributed by atoms with van der Waals surface area (Å²) in [6.07, 6.45) is 3.52. The summed E-state index contributed by atoms with van der Waals surface area (Å²) in [5.41, 5.74) is 1.65. The van der Waals surface area contributed by atoms with Gasteiger partial charge in [0.2, 0.25) is 11.8 Å². The van der Waals surface area contributed by atoms with E-state index in [-0.39, 0.29) is 24.1 Å². The second kappa shape index (κ2) is 7.95. The number of nitrogens with one attached hydrogen (secondary N) is 1. The van der Waals surface area contributed by atoms with Crippen LogP contribution in [0, 0.1) is 5.82 Å². The number of carbonyl (C=O) groups excluding carboxylic acids is 2. The van der Waals surface area contributed by atoms with Crippen molar-refractivity contribution in [1.29, 1.82) is 0 Å². The van der Waals surface area contributed by atoms with E-state index in [4.69, 9.17) is 0 Å². The summed E-state index contributed by atoms with van der Waals surface area (Å²) in [4.78, 5) is 32.7. The fourth-order valence-electron chi connectivity index (χ4n) is 3.14. The Kier molecular flexibility index (Phi) is 5.46. The van der Waals surface area contributed by atoms with Crippen molar-refractivity contribution >= 4 is 17.5 Å². The van der Waals surface area contributed by atoms with E-state index in [0.717, 1.165) is 11.3 Å². The number of amides is 2. The van der Waals surface area contributed by atoms with Crippen LogP contribution in [0.5, 0.6) is 0 Å². The number of aromatic nitrogens is 1. The number of benzene rings is 1. The van der Waals surface area contributed by atoms with Gasteiger partial charge >= 0.3 is 0 Å². The summed E-state index contributed by atoms with van der Waals surface area (Å²) in [7, 11) is 1.56. The number of nitrogens with zero attached hydrogens (tertiary/aromatic N) is 3. The molecule has 0 aliphatic carbocycles. The monoisotopic (exact) mass is 356 g/mol. The van der Waals surface area contributed by atoms with Crippen molar-refractivity contribution in [2.75, 3.05) is 31.6 Å². The van der Waals surface area contributed by atoms with E-state index >= 15 is 0 Å². The number of carbonyl (C=O) groups is 2. The van der Waals surface area contributed by atoms with Crippen LogP contribution in [0.2, 0.25) is 0 Å². The number of halogens is 1. The largest absolute Gasteiger partial charge is 0.367 e. The van der Waals surface area contributed by atoms with Crippen LogP contribution in [0.25, 0.3) is 0 Å². The van der Waals surface area contributed by atoms with Crippen molar-refractivity contribution in [3.8, 4) is 0 Å². The van der Waals surface area contributed by atoms with Crippen LogP contribution in [0.3, 0.4) is 0 Å². The first-order chi connectivity index (χ1) is 12.6. The maximum absolute atomic E-state index is 13.1. The topological polar surface area (TPSA) is 65.5 Å². The molecule has 1 aromatic carbocycles. The summed E-state index contributed by atoms with van der Waals surface area (Å²) in [6.45, 7) is 1.37. The minimum atomic E-state index is -0.594. The van der Waals surface area contributed by atoms with Gasteiger partial charge in [0.25, 0.3) is 0 Å². The molecule has 2 amide bonds. The Morgan fingerprint density at radius 1 is 1.23 bits per heavy atom. The van der Waals surface area contributed by atoms with E-state index in [1.54, 1.807) is 42.5 Å². The molecular weight excluding hydrogens is 335 g/mol. The second-order valence-corrected chi connectivity index (χ2v) is 6.18. The van der Waals surface area contributed by atoms with Crippen molar-refractivity contribution in [2.45, 2.75) is 12.5 Å². The highest BCUT2D eigenvalue weighted by Gasteiger charge is 2.34.